The van der Waals surface area contributed by atoms with Crippen molar-refractivity contribution in [3.63, 3.8) is 0 Å². The third-order valence-electron chi connectivity index (χ3n) is 9.31. The van der Waals surface area contributed by atoms with Crippen LogP contribution in [0.2, 0.25) is 0 Å². The van der Waals surface area contributed by atoms with Crippen molar-refractivity contribution in [2.24, 2.45) is 0 Å². The van der Waals surface area contributed by atoms with Gasteiger partial charge in [-0.15, -0.1) is 0 Å². The highest BCUT2D eigenvalue weighted by molar-refractivity contribution is 5.71. The molecule has 0 heterocycles. The van der Waals surface area contributed by atoms with E-state index in [1.165, 1.54) is 51.4 Å². The molecule has 328 valence electrons. The van der Waals surface area contributed by atoms with Gasteiger partial charge in [0.05, 0.1) is 13.0 Å². The van der Waals surface area contributed by atoms with Gasteiger partial charge in [0.2, 0.25) is 0 Å². The van der Waals surface area contributed by atoms with Crippen LogP contribution in [0.15, 0.2) is 109 Å². The third kappa shape index (κ3) is 45.3. The SMILES string of the molecule is CC/C=C\C/C=C\C/C=C\C/C=C\C/C=C\CC(=O)OCC(COCCCCCC/C=C\C/C=C\C/C=C\CC)OC(=O)CCCCCCC/C=C\CCCCCC. The zero-order chi connectivity index (χ0) is 42.1. The largest absolute Gasteiger partial charge is 0.461 e. The third-order valence-corrected chi connectivity index (χ3v) is 9.31. The minimum Gasteiger partial charge on any atom is -0.461 e. The van der Waals surface area contributed by atoms with Crippen LogP contribution < -0.4 is 0 Å². The lowest BCUT2D eigenvalue weighted by Crippen LogP contribution is -2.30. The molecule has 0 aromatic carbocycles. The molecule has 0 aromatic rings. The molecular formula is C53H86O5. The number of carbonyl (C=O) groups is 2. The fraction of sp³-hybridized carbons (Fsp3) is 0.623. The van der Waals surface area contributed by atoms with E-state index >= 15 is 0 Å². The molecule has 0 saturated heterocycles. The summed E-state index contributed by atoms with van der Waals surface area (Å²) in [5.74, 6) is -0.576. The maximum atomic E-state index is 12.7. The lowest BCUT2D eigenvalue weighted by Gasteiger charge is -2.18. The average Bonchev–Trinajstić information content (AvgIpc) is 3.22. The van der Waals surface area contributed by atoms with Gasteiger partial charge in [-0.25, -0.2) is 0 Å². The number of unbranched alkanes of at least 4 members (excludes halogenated alkanes) is 13. The quantitative estimate of drug-likeness (QED) is 0.0350. The molecular weight excluding hydrogens is 717 g/mol. The number of allylic oxidation sites excluding steroid dienone is 17. The lowest BCUT2D eigenvalue weighted by molar-refractivity contribution is -0.162. The van der Waals surface area contributed by atoms with Gasteiger partial charge >= 0.3 is 11.9 Å². The van der Waals surface area contributed by atoms with E-state index in [9.17, 15) is 9.59 Å². The van der Waals surface area contributed by atoms with Crippen molar-refractivity contribution in [1.82, 2.24) is 0 Å². The molecule has 0 bridgehead atoms. The molecule has 0 aromatic heterocycles. The fourth-order valence-corrected chi connectivity index (χ4v) is 5.88. The van der Waals surface area contributed by atoms with Gasteiger partial charge in [-0.1, -0.05) is 182 Å². The predicted molar refractivity (Wildman–Crippen MR) is 251 cm³/mol. The van der Waals surface area contributed by atoms with Gasteiger partial charge in [0.25, 0.3) is 0 Å². The number of carbonyl (C=O) groups excluding carboxylic acids is 2. The van der Waals surface area contributed by atoms with Crippen LogP contribution in [0.3, 0.4) is 0 Å². The number of rotatable bonds is 41. The summed E-state index contributed by atoms with van der Waals surface area (Å²) in [6.07, 6.45) is 65.4. The summed E-state index contributed by atoms with van der Waals surface area (Å²) in [4.78, 5) is 25.2. The Hall–Kier alpha value is -3.44. The molecule has 0 aliphatic rings. The normalized spacial score (nSPS) is 13.2. The molecule has 0 fully saturated rings. The van der Waals surface area contributed by atoms with Crippen LogP contribution in [0, 0.1) is 0 Å². The molecule has 58 heavy (non-hydrogen) atoms. The Kier molecular flexibility index (Phi) is 45.1. The maximum absolute atomic E-state index is 12.7. The van der Waals surface area contributed by atoms with Crippen LogP contribution in [-0.2, 0) is 23.8 Å². The van der Waals surface area contributed by atoms with Gasteiger partial charge in [-0.2, -0.15) is 0 Å². The second kappa shape index (κ2) is 47.9. The second-order valence-electron chi connectivity index (χ2n) is 14.9. The summed E-state index contributed by atoms with van der Waals surface area (Å²) in [5.41, 5.74) is 0. The van der Waals surface area contributed by atoms with Gasteiger partial charge in [0.15, 0.2) is 6.10 Å². The standard InChI is InChI=1S/C53H86O5/c1-4-7-10-13-16-19-22-25-27-29-31-34-37-40-43-46-52(54)57-50-51(49-56-48-45-42-39-36-33-30-26-23-20-17-14-11-8-5-2)58-53(55)47-44-41-38-35-32-28-24-21-18-15-12-9-6-3/h7-8,10-11,16-17,19-21,24-27,30-31,34,40,43,51H,4-6,9,12-15,18,22-23,28-29,32-33,35-39,41-42,44-50H2,1-3H3/b10-7-,11-8-,19-16-,20-17-,24-21-,27-25-,30-26-,34-31-,43-40-. The summed E-state index contributed by atoms with van der Waals surface area (Å²) in [6, 6.07) is 0. The minimum absolute atomic E-state index is 0.0123. The molecule has 0 N–H and O–H groups in total. The first-order valence-corrected chi connectivity index (χ1v) is 23.4. The van der Waals surface area contributed by atoms with Crippen molar-refractivity contribution in [1.29, 1.82) is 0 Å². The molecule has 0 aliphatic carbocycles. The van der Waals surface area contributed by atoms with Gasteiger partial charge < -0.3 is 14.2 Å². The summed E-state index contributed by atoms with van der Waals surface area (Å²) < 4.78 is 17.2. The topological polar surface area (TPSA) is 61.8 Å². The first-order valence-electron chi connectivity index (χ1n) is 23.4. The Morgan fingerprint density at radius 3 is 1.34 bits per heavy atom. The maximum Gasteiger partial charge on any atom is 0.309 e. The van der Waals surface area contributed by atoms with Gasteiger partial charge in [0, 0.05) is 13.0 Å². The summed E-state index contributed by atoms with van der Waals surface area (Å²) >= 11 is 0. The molecule has 5 nitrogen and oxygen atoms in total. The molecule has 0 amide bonds. The highest BCUT2D eigenvalue weighted by atomic mass is 16.6. The number of esters is 2. The molecule has 1 unspecified atom stereocenters. The lowest BCUT2D eigenvalue weighted by atomic mass is 10.1. The Morgan fingerprint density at radius 2 is 0.828 bits per heavy atom. The highest BCUT2D eigenvalue weighted by Crippen LogP contribution is 2.11. The monoisotopic (exact) mass is 803 g/mol. The zero-order valence-corrected chi connectivity index (χ0v) is 37.5. The summed E-state index contributed by atoms with van der Waals surface area (Å²) in [5, 5.41) is 0. The van der Waals surface area contributed by atoms with Crippen molar-refractivity contribution >= 4 is 11.9 Å². The Labute approximate surface area is 357 Å². The summed E-state index contributed by atoms with van der Waals surface area (Å²) in [6.45, 7) is 7.40. The molecule has 0 spiro atoms. The van der Waals surface area contributed by atoms with Crippen LogP contribution in [0.1, 0.15) is 188 Å². The Morgan fingerprint density at radius 1 is 0.414 bits per heavy atom. The first-order chi connectivity index (χ1) is 28.6. The molecule has 0 rings (SSSR count). The van der Waals surface area contributed by atoms with Crippen molar-refractivity contribution in [3.05, 3.63) is 109 Å². The highest BCUT2D eigenvalue weighted by Gasteiger charge is 2.17. The van der Waals surface area contributed by atoms with E-state index < -0.39 is 6.10 Å². The van der Waals surface area contributed by atoms with Crippen LogP contribution in [0.25, 0.3) is 0 Å². The molecule has 5 heteroatoms. The van der Waals surface area contributed by atoms with E-state index in [0.717, 1.165) is 103 Å². The average molecular weight is 803 g/mol. The second-order valence-corrected chi connectivity index (χ2v) is 14.9. The number of ether oxygens (including phenoxy) is 3. The van der Waals surface area contributed by atoms with E-state index in [2.05, 4.69) is 118 Å². The molecule has 0 saturated carbocycles. The molecule has 1 atom stereocenters. The van der Waals surface area contributed by atoms with E-state index in [1.54, 1.807) is 0 Å². The number of hydrogen-bond acceptors (Lipinski definition) is 5. The number of hydrogen-bond donors (Lipinski definition) is 0. The van der Waals surface area contributed by atoms with Gasteiger partial charge in [-0.05, 0) is 103 Å². The molecule has 0 aliphatic heterocycles. The predicted octanol–water partition coefficient (Wildman–Crippen LogP) is 15.7. The van der Waals surface area contributed by atoms with Crippen LogP contribution in [0.5, 0.6) is 0 Å². The van der Waals surface area contributed by atoms with Gasteiger partial charge in [-0.3, -0.25) is 9.59 Å². The van der Waals surface area contributed by atoms with Crippen LogP contribution >= 0.6 is 0 Å². The van der Waals surface area contributed by atoms with E-state index in [1.807, 2.05) is 12.2 Å². The Bertz CT molecular complexity index is 1180. The van der Waals surface area contributed by atoms with Crippen LogP contribution in [-0.4, -0.2) is 37.9 Å². The van der Waals surface area contributed by atoms with Crippen molar-refractivity contribution in [2.45, 2.75) is 194 Å². The smallest absolute Gasteiger partial charge is 0.309 e. The fourth-order valence-electron chi connectivity index (χ4n) is 5.88. The van der Waals surface area contributed by atoms with Crippen molar-refractivity contribution in [2.75, 3.05) is 19.8 Å². The van der Waals surface area contributed by atoms with E-state index in [0.29, 0.717) is 13.0 Å². The van der Waals surface area contributed by atoms with E-state index in [4.69, 9.17) is 14.2 Å². The van der Waals surface area contributed by atoms with Gasteiger partial charge in [0.1, 0.15) is 6.61 Å². The van der Waals surface area contributed by atoms with E-state index in [-0.39, 0.29) is 31.6 Å². The molecule has 0 radical (unpaired) electrons. The van der Waals surface area contributed by atoms with Crippen molar-refractivity contribution in [3.8, 4) is 0 Å². The van der Waals surface area contributed by atoms with Crippen molar-refractivity contribution < 1.29 is 23.8 Å². The van der Waals surface area contributed by atoms with Crippen LogP contribution in [0.4, 0.5) is 0 Å². The Balaban J connectivity index is 4.47. The summed E-state index contributed by atoms with van der Waals surface area (Å²) in [7, 11) is 0. The zero-order valence-electron chi connectivity index (χ0n) is 37.5. The first kappa shape index (κ1) is 54.6. The minimum atomic E-state index is -0.597.